The van der Waals surface area contributed by atoms with E-state index in [-0.39, 0.29) is 0 Å². The van der Waals surface area contributed by atoms with E-state index in [0.29, 0.717) is 6.04 Å². The van der Waals surface area contributed by atoms with Crippen LogP contribution in [0, 0.1) is 0 Å². The molecule has 1 atom stereocenters. The molecule has 0 aliphatic carbocycles. The number of likely N-dealkylation sites (N-methyl/N-ethyl adjacent to an activating group) is 2. The van der Waals surface area contributed by atoms with E-state index in [4.69, 9.17) is 0 Å². The summed E-state index contributed by atoms with van der Waals surface area (Å²) in [5.41, 5.74) is 1.92. The van der Waals surface area contributed by atoms with Gasteiger partial charge >= 0.3 is 0 Å². The second kappa shape index (κ2) is 6.01. The maximum atomic E-state index is 10.6. The summed E-state index contributed by atoms with van der Waals surface area (Å²) in [5.74, 6) is 0. The highest BCUT2D eigenvalue weighted by Crippen LogP contribution is 2.20. The number of carbonyl (C=O) groups excluding carboxylic acids is 1. The molecule has 0 spiro atoms. The van der Waals surface area contributed by atoms with Gasteiger partial charge in [0.05, 0.1) is 0 Å². The van der Waals surface area contributed by atoms with Gasteiger partial charge in [-0.1, -0.05) is 6.92 Å². The smallest absolute Gasteiger partial charge is 0.150 e. The van der Waals surface area contributed by atoms with Crippen molar-refractivity contribution in [1.29, 1.82) is 0 Å². The van der Waals surface area contributed by atoms with E-state index in [2.05, 4.69) is 23.8 Å². The summed E-state index contributed by atoms with van der Waals surface area (Å²) >= 11 is 0. The number of nitrogens with zero attached hydrogens (tertiary/aromatic N) is 2. The topological polar surface area (TPSA) is 23.6 Å². The Morgan fingerprint density at radius 2 is 2.11 bits per heavy atom. The van der Waals surface area contributed by atoms with E-state index >= 15 is 0 Å². The Hall–Kier alpha value is -1.35. The van der Waals surface area contributed by atoms with Gasteiger partial charge in [0, 0.05) is 30.9 Å². The first-order valence-electron chi connectivity index (χ1n) is 6.75. The van der Waals surface area contributed by atoms with Gasteiger partial charge in [-0.15, -0.1) is 0 Å². The van der Waals surface area contributed by atoms with Gasteiger partial charge in [-0.2, -0.15) is 0 Å². The molecule has 0 amide bonds. The average molecular weight is 246 g/mol. The predicted octanol–water partition coefficient (Wildman–Crippen LogP) is 2.42. The fraction of sp³-hybridized carbons (Fsp3) is 0.533. The highest BCUT2D eigenvalue weighted by molar-refractivity contribution is 5.75. The number of anilines is 1. The van der Waals surface area contributed by atoms with Crippen LogP contribution >= 0.6 is 0 Å². The van der Waals surface area contributed by atoms with Crippen LogP contribution in [0.1, 0.15) is 30.1 Å². The van der Waals surface area contributed by atoms with Crippen molar-refractivity contribution in [3.8, 4) is 0 Å². The number of aldehydes is 1. The summed E-state index contributed by atoms with van der Waals surface area (Å²) in [6.07, 6.45) is 3.50. The van der Waals surface area contributed by atoms with Crippen LogP contribution in [0.3, 0.4) is 0 Å². The van der Waals surface area contributed by atoms with Gasteiger partial charge in [0.2, 0.25) is 0 Å². The fourth-order valence-corrected chi connectivity index (χ4v) is 2.75. The molecule has 98 valence electrons. The summed E-state index contributed by atoms with van der Waals surface area (Å²) in [5, 5.41) is 0. The third-order valence-corrected chi connectivity index (χ3v) is 3.86. The lowest BCUT2D eigenvalue weighted by molar-refractivity contribution is 0.112. The van der Waals surface area contributed by atoms with E-state index in [1.807, 2.05) is 24.3 Å². The SMILES string of the molecule is CCN1CCCC1CN(C)c1ccc(C=O)cc1. The van der Waals surface area contributed by atoms with Gasteiger partial charge in [-0.25, -0.2) is 0 Å². The molecule has 1 saturated heterocycles. The largest absolute Gasteiger partial charge is 0.373 e. The molecular weight excluding hydrogens is 224 g/mol. The number of hydrogen-bond donors (Lipinski definition) is 0. The zero-order chi connectivity index (χ0) is 13.0. The van der Waals surface area contributed by atoms with Gasteiger partial charge in [0.1, 0.15) is 6.29 Å². The number of carbonyl (C=O) groups is 1. The zero-order valence-corrected chi connectivity index (χ0v) is 11.3. The van der Waals surface area contributed by atoms with Crippen LogP contribution in [-0.2, 0) is 0 Å². The van der Waals surface area contributed by atoms with E-state index < -0.39 is 0 Å². The molecule has 2 rings (SSSR count). The number of benzene rings is 1. The van der Waals surface area contributed by atoms with E-state index in [0.717, 1.165) is 24.9 Å². The standard InChI is InChI=1S/C15H22N2O/c1-3-17-10-4-5-15(17)11-16(2)14-8-6-13(12-18)7-9-14/h6-9,12,15H,3-5,10-11H2,1-2H3. The molecule has 3 nitrogen and oxygen atoms in total. The van der Waals surface area contributed by atoms with Crippen molar-refractivity contribution in [3.63, 3.8) is 0 Å². The van der Waals surface area contributed by atoms with Crippen LogP contribution in [0.4, 0.5) is 5.69 Å². The van der Waals surface area contributed by atoms with Crippen molar-refractivity contribution >= 4 is 12.0 Å². The van der Waals surface area contributed by atoms with E-state index in [1.54, 1.807) is 0 Å². The summed E-state index contributed by atoms with van der Waals surface area (Å²) < 4.78 is 0. The molecular formula is C15H22N2O. The summed E-state index contributed by atoms with van der Waals surface area (Å²) in [7, 11) is 2.13. The van der Waals surface area contributed by atoms with Crippen molar-refractivity contribution in [1.82, 2.24) is 4.90 Å². The number of likely N-dealkylation sites (tertiary alicyclic amines) is 1. The molecule has 18 heavy (non-hydrogen) atoms. The van der Waals surface area contributed by atoms with Crippen molar-refractivity contribution in [2.24, 2.45) is 0 Å². The Labute approximate surface area is 109 Å². The molecule has 1 aromatic rings. The fourth-order valence-electron chi connectivity index (χ4n) is 2.75. The molecule has 1 aromatic carbocycles. The predicted molar refractivity (Wildman–Crippen MR) is 75.4 cm³/mol. The molecule has 1 unspecified atom stereocenters. The van der Waals surface area contributed by atoms with Crippen LogP contribution in [0.5, 0.6) is 0 Å². The monoisotopic (exact) mass is 246 g/mol. The Balaban J connectivity index is 1.97. The van der Waals surface area contributed by atoms with Crippen LogP contribution in [0.15, 0.2) is 24.3 Å². The zero-order valence-electron chi connectivity index (χ0n) is 11.3. The lowest BCUT2D eigenvalue weighted by Gasteiger charge is -2.29. The van der Waals surface area contributed by atoms with Crippen LogP contribution in [0.25, 0.3) is 0 Å². The van der Waals surface area contributed by atoms with Gasteiger partial charge < -0.3 is 4.90 Å². The lowest BCUT2D eigenvalue weighted by Crippen LogP contribution is -2.38. The highest BCUT2D eigenvalue weighted by atomic mass is 16.1. The van der Waals surface area contributed by atoms with Crippen LogP contribution in [-0.4, -0.2) is 43.9 Å². The Bertz CT molecular complexity index is 388. The third kappa shape index (κ3) is 2.91. The molecule has 0 saturated carbocycles. The first-order valence-corrected chi connectivity index (χ1v) is 6.75. The molecule has 0 bridgehead atoms. The minimum absolute atomic E-state index is 0.672. The van der Waals surface area contributed by atoms with Crippen molar-refractivity contribution < 1.29 is 4.79 Å². The maximum absolute atomic E-state index is 10.6. The Kier molecular flexibility index (Phi) is 4.37. The maximum Gasteiger partial charge on any atom is 0.150 e. The number of hydrogen-bond acceptors (Lipinski definition) is 3. The Morgan fingerprint density at radius 3 is 2.72 bits per heavy atom. The molecule has 0 radical (unpaired) electrons. The molecule has 1 heterocycles. The molecule has 0 N–H and O–H groups in total. The van der Waals surface area contributed by atoms with Crippen molar-refractivity contribution in [3.05, 3.63) is 29.8 Å². The van der Waals surface area contributed by atoms with Gasteiger partial charge in [0.15, 0.2) is 0 Å². The Morgan fingerprint density at radius 1 is 1.39 bits per heavy atom. The lowest BCUT2D eigenvalue weighted by atomic mass is 10.1. The van der Waals surface area contributed by atoms with Gasteiger partial charge in [-0.3, -0.25) is 9.69 Å². The van der Waals surface area contributed by atoms with Crippen LogP contribution < -0.4 is 4.90 Å². The molecule has 0 aromatic heterocycles. The molecule has 1 aliphatic rings. The van der Waals surface area contributed by atoms with Crippen molar-refractivity contribution in [2.75, 3.05) is 31.6 Å². The third-order valence-electron chi connectivity index (χ3n) is 3.86. The van der Waals surface area contributed by atoms with Gasteiger partial charge in [-0.05, 0) is 50.2 Å². The summed E-state index contributed by atoms with van der Waals surface area (Å²) in [4.78, 5) is 15.5. The molecule has 1 fully saturated rings. The van der Waals surface area contributed by atoms with Crippen LogP contribution in [0.2, 0.25) is 0 Å². The first kappa shape index (κ1) is 13.1. The van der Waals surface area contributed by atoms with Gasteiger partial charge in [0.25, 0.3) is 0 Å². The molecule has 1 aliphatic heterocycles. The van der Waals surface area contributed by atoms with E-state index in [1.165, 1.54) is 25.1 Å². The minimum Gasteiger partial charge on any atom is -0.373 e. The quantitative estimate of drug-likeness (QED) is 0.745. The number of rotatable bonds is 5. The highest BCUT2D eigenvalue weighted by Gasteiger charge is 2.23. The normalized spacial score (nSPS) is 20.0. The summed E-state index contributed by atoms with van der Waals surface area (Å²) in [6.45, 7) is 5.67. The average Bonchev–Trinajstić information content (AvgIpc) is 2.86. The second-order valence-electron chi connectivity index (χ2n) is 5.01. The first-order chi connectivity index (χ1) is 8.74. The molecule has 3 heteroatoms. The van der Waals surface area contributed by atoms with Crippen molar-refractivity contribution in [2.45, 2.75) is 25.8 Å². The second-order valence-corrected chi connectivity index (χ2v) is 5.01. The minimum atomic E-state index is 0.672. The van der Waals surface area contributed by atoms with E-state index in [9.17, 15) is 4.79 Å². The summed E-state index contributed by atoms with van der Waals surface area (Å²) in [6, 6.07) is 8.48.